The number of likely N-dealkylation sites (tertiary alicyclic amines) is 1. The van der Waals surface area contributed by atoms with Crippen molar-refractivity contribution >= 4 is 5.95 Å². The van der Waals surface area contributed by atoms with Gasteiger partial charge >= 0.3 is 12.0 Å². The molecular formula is C19H35N7O2. The molecule has 0 aliphatic carbocycles. The van der Waals surface area contributed by atoms with Crippen molar-refractivity contribution in [3.8, 4) is 12.0 Å². The molecule has 2 aliphatic rings. The molecule has 9 heteroatoms. The van der Waals surface area contributed by atoms with Crippen molar-refractivity contribution in [2.75, 3.05) is 79.5 Å². The first kappa shape index (κ1) is 21.0. The predicted octanol–water partition coefficient (Wildman–Crippen LogP) is 0.425. The first-order chi connectivity index (χ1) is 13.4. The summed E-state index contributed by atoms with van der Waals surface area (Å²) in [5, 5.41) is 0. The van der Waals surface area contributed by atoms with Gasteiger partial charge in [0.1, 0.15) is 0 Å². The van der Waals surface area contributed by atoms with Crippen LogP contribution in [0.4, 0.5) is 5.95 Å². The van der Waals surface area contributed by atoms with Gasteiger partial charge in [-0.2, -0.15) is 9.97 Å². The quantitative estimate of drug-likeness (QED) is 0.498. The van der Waals surface area contributed by atoms with E-state index in [9.17, 15) is 0 Å². The molecule has 0 aromatic carbocycles. The van der Waals surface area contributed by atoms with E-state index in [4.69, 9.17) is 9.47 Å². The molecule has 0 radical (unpaired) electrons. The highest BCUT2D eigenvalue weighted by Crippen LogP contribution is 2.32. The van der Waals surface area contributed by atoms with E-state index in [1.165, 1.54) is 6.42 Å². The summed E-state index contributed by atoms with van der Waals surface area (Å²) in [5.41, 5.74) is 0. The fraction of sp³-hybridized carbons (Fsp3) is 0.842. The molecule has 2 unspecified atom stereocenters. The minimum atomic E-state index is 0.363. The third-order valence-electron chi connectivity index (χ3n) is 5.32. The zero-order chi connectivity index (χ0) is 20.1. The zero-order valence-electron chi connectivity index (χ0n) is 18.0. The van der Waals surface area contributed by atoms with Crippen LogP contribution in [0.1, 0.15) is 19.3 Å². The highest BCUT2D eigenvalue weighted by atomic mass is 16.5. The lowest BCUT2D eigenvalue weighted by molar-refractivity contribution is 0.239. The van der Waals surface area contributed by atoms with Crippen molar-refractivity contribution in [2.45, 2.75) is 31.3 Å². The summed E-state index contributed by atoms with van der Waals surface area (Å²) in [6.07, 6.45) is 3.01. The van der Waals surface area contributed by atoms with E-state index in [0.29, 0.717) is 43.3 Å². The number of hydrogen-bond acceptors (Lipinski definition) is 9. The standard InChI is InChI=1S/C19H35N7O2/c1-23(2)8-6-10-27-18-20-17(26-14-15-12-16(26)13-25(15)5)21-19(22-18)28-11-7-9-24(3)4/h15-16H,6-14H2,1-5H3. The Morgan fingerprint density at radius 2 is 1.43 bits per heavy atom. The van der Waals surface area contributed by atoms with Crippen molar-refractivity contribution in [1.82, 2.24) is 29.7 Å². The summed E-state index contributed by atoms with van der Waals surface area (Å²) in [4.78, 5) is 22.5. The highest BCUT2D eigenvalue weighted by molar-refractivity contribution is 5.38. The number of nitrogens with zero attached hydrogens (tertiary/aromatic N) is 7. The average Bonchev–Trinajstić information content (AvgIpc) is 3.21. The molecule has 1 aromatic rings. The molecule has 2 bridgehead atoms. The first-order valence-electron chi connectivity index (χ1n) is 10.2. The molecule has 3 heterocycles. The number of hydrogen-bond donors (Lipinski definition) is 0. The van der Waals surface area contributed by atoms with Crippen molar-refractivity contribution in [3.05, 3.63) is 0 Å². The summed E-state index contributed by atoms with van der Waals surface area (Å²) in [5.74, 6) is 0.681. The molecule has 0 spiro atoms. The van der Waals surface area contributed by atoms with Crippen molar-refractivity contribution in [2.24, 2.45) is 0 Å². The summed E-state index contributed by atoms with van der Waals surface area (Å²) in [7, 11) is 10.4. The summed E-state index contributed by atoms with van der Waals surface area (Å²) in [6.45, 7) is 5.09. The Morgan fingerprint density at radius 3 is 1.86 bits per heavy atom. The van der Waals surface area contributed by atoms with Gasteiger partial charge in [0.05, 0.1) is 13.2 Å². The van der Waals surface area contributed by atoms with Crippen molar-refractivity contribution in [3.63, 3.8) is 0 Å². The molecular weight excluding hydrogens is 358 g/mol. The minimum Gasteiger partial charge on any atom is -0.463 e. The van der Waals surface area contributed by atoms with E-state index in [1.54, 1.807) is 0 Å². The molecule has 28 heavy (non-hydrogen) atoms. The van der Waals surface area contributed by atoms with E-state index in [1.807, 2.05) is 0 Å². The number of aromatic nitrogens is 3. The second-order valence-corrected chi connectivity index (χ2v) is 8.35. The van der Waals surface area contributed by atoms with Crippen LogP contribution in [-0.4, -0.2) is 116 Å². The van der Waals surface area contributed by atoms with Gasteiger partial charge < -0.3 is 24.2 Å². The number of rotatable bonds is 11. The number of piperazine rings is 1. The molecule has 0 saturated carbocycles. The van der Waals surface area contributed by atoms with Gasteiger partial charge in [-0.25, -0.2) is 0 Å². The Balaban J connectivity index is 1.65. The van der Waals surface area contributed by atoms with Gasteiger partial charge in [0.2, 0.25) is 5.95 Å². The molecule has 2 aliphatic heterocycles. The lowest BCUT2D eigenvalue weighted by Gasteiger charge is -2.31. The molecule has 1 aromatic heterocycles. The van der Waals surface area contributed by atoms with Crippen LogP contribution in [0.25, 0.3) is 0 Å². The van der Waals surface area contributed by atoms with E-state index in [0.717, 1.165) is 39.0 Å². The Bertz CT molecular complexity index is 592. The molecule has 2 saturated heterocycles. The minimum absolute atomic E-state index is 0.363. The van der Waals surface area contributed by atoms with Crippen LogP contribution in [0.5, 0.6) is 12.0 Å². The number of likely N-dealkylation sites (N-methyl/N-ethyl adjacent to an activating group) is 1. The molecule has 2 fully saturated rings. The Hall–Kier alpha value is -1.71. The lowest BCUT2D eigenvalue weighted by atomic mass is 10.2. The third kappa shape index (κ3) is 5.65. The van der Waals surface area contributed by atoms with Gasteiger partial charge in [-0.15, -0.1) is 4.98 Å². The number of fused-ring (bicyclic) bond motifs is 2. The van der Waals surface area contributed by atoms with Crippen LogP contribution in [0.3, 0.4) is 0 Å². The summed E-state index contributed by atoms with van der Waals surface area (Å²) >= 11 is 0. The van der Waals surface area contributed by atoms with Gasteiger partial charge in [0.15, 0.2) is 0 Å². The van der Waals surface area contributed by atoms with Crippen LogP contribution in [0.15, 0.2) is 0 Å². The van der Waals surface area contributed by atoms with Crippen molar-refractivity contribution in [1.29, 1.82) is 0 Å². The average molecular weight is 394 g/mol. The lowest BCUT2D eigenvalue weighted by Crippen LogP contribution is -2.45. The fourth-order valence-corrected chi connectivity index (χ4v) is 3.78. The van der Waals surface area contributed by atoms with E-state index in [2.05, 4.69) is 69.8 Å². The van der Waals surface area contributed by atoms with Gasteiger partial charge in [-0.05, 0) is 54.5 Å². The van der Waals surface area contributed by atoms with Crippen LogP contribution in [0.2, 0.25) is 0 Å². The number of anilines is 1. The molecule has 3 rings (SSSR count). The molecule has 0 amide bonds. The van der Waals surface area contributed by atoms with Crippen LogP contribution >= 0.6 is 0 Å². The highest BCUT2D eigenvalue weighted by Gasteiger charge is 2.42. The van der Waals surface area contributed by atoms with Crippen LogP contribution < -0.4 is 14.4 Å². The van der Waals surface area contributed by atoms with E-state index < -0.39 is 0 Å². The van der Waals surface area contributed by atoms with E-state index in [-0.39, 0.29) is 0 Å². The zero-order valence-corrected chi connectivity index (χ0v) is 18.0. The maximum atomic E-state index is 5.83. The molecule has 158 valence electrons. The van der Waals surface area contributed by atoms with E-state index >= 15 is 0 Å². The Kier molecular flexibility index (Phi) is 7.25. The van der Waals surface area contributed by atoms with Gasteiger partial charge in [-0.1, -0.05) is 0 Å². The summed E-state index contributed by atoms with van der Waals surface area (Å²) < 4.78 is 11.7. The Morgan fingerprint density at radius 1 is 0.857 bits per heavy atom. The topological polar surface area (TPSA) is 70.1 Å². The van der Waals surface area contributed by atoms with Crippen LogP contribution in [0, 0.1) is 0 Å². The monoisotopic (exact) mass is 393 g/mol. The largest absolute Gasteiger partial charge is 0.463 e. The normalized spacial score (nSPS) is 21.9. The van der Waals surface area contributed by atoms with Gasteiger partial charge in [-0.3, -0.25) is 4.90 Å². The van der Waals surface area contributed by atoms with Gasteiger partial charge in [0.25, 0.3) is 0 Å². The molecule has 9 nitrogen and oxygen atoms in total. The fourth-order valence-electron chi connectivity index (χ4n) is 3.78. The third-order valence-corrected chi connectivity index (χ3v) is 5.32. The smallest absolute Gasteiger partial charge is 0.324 e. The second-order valence-electron chi connectivity index (χ2n) is 8.35. The molecule has 2 atom stereocenters. The maximum absolute atomic E-state index is 5.83. The number of ether oxygens (including phenoxy) is 2. The SMILES string of the molecule is CN(C)CCCOc1nc(OCCCN(C)C)nc(N2CC3CC2CN3C)n1. The van der Waals surface area contributed by atoms with Crippen molar-refractivity contribution < 1.29 is 9.47 Å². The maximum Gasteiger partial charge on any atom is 0.324 e. The Labute approximate surface area is 168 Å². The van der Waals surface area contributed by atoms with Gasteiger partial charge in [0, 0.05) is 38.3 Å². The molecule has 0 N–H and O–H groups in total. The van der Waals surface area contributed by atoms with Crippen LogP contribution in [-0.2, 0) is 0 Å². The second kappa shape index (κ2) is 9.67. The predicted molar refractivity (Wildman–Crippen MR) is 109 cm³/mol. The first-order valence-corrected chi connectivity index (χ1v) is 10.2. The summed E-state index contributed by atoms with van der Waals surface area (Å²) in [6, 6.07) is 1.77.